The monoisotopic (exact) mass is 326 g/mol. The van der Waals surface area contributed by atoms with Crippen LogP contribution in [0.25, 0.3) is 10.9 Å². The second kappa shape index (κ2) is 6.26. The third-order valence-electron chi connectivity index (χ3n) is 3.73. The Morgan fingerprint density at radius 3 is 2.78 bits per heavy atom. The van der Waals surface area contributed by atoms with Crippen molar-refractivity contribution in [2.24, 2.45) is 0 Å². The first-order valence-corrected chi connectivity index (χ1v) is 7.55. The van der Waals surface area contributed by atoms with Gasteiger partial charge in [0.25, 0.3) is 0 Å². The minimum Gasteiger partial charge on any atom is -0.337 e. The fourth-order valence-corrected chi connectivity index (χ4v) is 2.75. The molecule has 1 amide bonds. The van der Waals surface area contributed by atoms with E-state index >= 15 is 0 Å². The predicted octanol–water partition coefficient (Wildman–Crippen LogP) is 4.05. The number of nitrogens with one attached hydrogen (secondary N) is 1. The summed E-state index contributed by atoms with van der Waals surface area (Å²) >= 11 is 5.98. The average Bonchev–Trinajstić information content (AvgIpc) is 2.86. The van der Waals surface area contributed by atoms with Crippen LogP contribution in [0.5, 0.6) is 0 Å². The number of rotatable bonds is 4. The third-order valence-corrected chi connectivity index (χ3v) is 3.97. The van der Waals surface area contributed by atoms with Crippen molar-refractivity contribution in [2.45, 2.75) is 13.5 Å². The zero-order chi connectivity index (χ0) is 16.4. The molecule has 0 spiro atoms. The molecule has 5 heteroatoms. The molecular weight excluding hydrogens is 312 g/mol. The largest absolute Gasteiger partial charge is 0.337 e. The molecule has 3 aromatic rings. The molecule has 0 saturated heterocycles. The number of aryl methyl sites for hydroxylation is 1. The lowest BCUT2D eigenvalue weighted by Gasteiger charge is -2.09. The van der Waals surface area contributed by atoms with Gasteiger partial charge in [0.05, 0.1) is 0 Å². The standard InChI is InChI=1S/C18H15ClN2O2/c1-12-4-2-3-5-16(12)20-18(23)10-21-9-13(11-22)15-8-14(19)6-7-17(15)21/h2-9,11H,10H2,1H3,(H,20,23). The molecule has 0 bridgehead atoms. The van der Waals surface area contributed by atoms with Gasteiger partial charge < -0.3 is 9.88 Å². The number of amides is 1. The van der Waals surface area contributed by atoms with Crippen LogP contribution in [-0.4, -0.2) is 16.8 Å². The van der Waals surface area contributed by atoms with Crippen molar-refractivity contribution < 1.29 is 9.59 Å². The molecular formula is C18H15ClN2O2. The van der Waals surface area contributed by atoms with Gasteiger partial charge in [-0.3, -0.25) is 9.59 Å². The molecule has 1 aromatic heterocycles. The van der Waals surface area contributed by atoms with Gasteiger partial charge in [-0.2, -0.15) is 0 Å². The number of nitrogens with zero attached hydrogens (tertiary/aromatic N) is 1. The van der Waals surface area contributed by atoms with Gasteiger partial charge in [-0.05, 0) is 36.8 Å². The fourth-order valence-electron chi connectivity index (χ4n) is 2.58. The van der Waals surface area contributed by atoms with Crippen molar-refractivity contribution in [1.82, 2.24) is 4.57 Å². The Morgan fingerprint density at radius 1 is 1.26 bits per heavy atom. The van der Waals surface area contributed by atoms with Crippen LogP contribution in [0.3, 0.4) is 0 Å². The molecule has 0 fully saturated rings. The van der Waals surface area contributed by atoms with Crippen molar-refractivity contribution in [1.29, 1.82) is 0 Å². The van der Waals surface area contributed by atoms with Crippen LogP contribution in [-0.2, 0) is 11.3 Å². The number of aromatic nitrogens is 1. The second-order valence-electron chi connectivity index (χ2n) is 5.35. The van der Waals surface area contributed by atoms with Crippen LogP contribution in [0.1, 0.15) is 15.9 Å². The van der Waals surface area contributed by atoms with Crippen molar-refractivity contribution >= 4 is 40.4 Å². The highest BCUT2D eigenvalue weighted by atomic mass is 35.5. The first-order valence-electron chi connectivity index (χ1n) is 7.17. The van der Waals surface area contributed by atoms with Crippen molar-refractivity contribution in [3.05, 3.63) is 64.8 Å². The van der Waals surface area contributed by atoms with Crippen molar-refractivity contribution in [3.63, 3.8) is 0 Å². The zero-order valence-electron chi connectivity index (χ0n) is 12.5. The number of carbonyl (C=O) groups is 2. The van der Waals surface area contributed by atoms with E-state index in [2.05, 4.69) is 5.32 Å². The molecule has 0 unspecified atom stereocenters. The summed E-state index contributed by atoms with van der Waals surface area (Å²) in [5, 5.41) is 4.19. The predicted molar refractivity (Wildman–Crippen MR) is 92.1 cm³/mol. The number of aldehydes is 1. The number of fused-ring (bicyclic) bond motifs is 1. The Kier molecular flexibility index (Phi) is 4.17. The molecule has 3 rings (SSSR count). The molecule has 0 saturated carbocycles. The summed E-state index contributed by atoms with van der Waals surface area (Å²) in [6, 6.07) is 12.9. The lowest BCUT2D eigenvalue weighted by Crippen LogP contribution is -2.18. The highest BCUT2D eigenvalue weighted by molar-refractivity contribution is 6.31. The van der Waals surface area contributed by atoms with Gasteiger partial charge in [0.2, 0.25) is 5.91 Å². The van der Waals surface area contributed by atoms with Gasteiger partial charge in [-0.15, -0.1) is 0 Å². The van der Waals surface area contributed by atoms with Crippen LogP contribution in [0, 0.1) is 6.92 Å². The fraction of sp³-hybridized carbons (Fsp3) is 0.111. The molecule has 23 heavy (non-hydrogen) atoms. The number of halogens is 1. The molecule has 2 aromatic carbocycles. The van der Waals surface area contributed by atoms with Crippen LogP contribution < -0.4 is 5.32 Å². The van der Waals surface area contributed by atoms with Crippen molar-refractivity contribution in [2.75, 3.05) is 5.32 Å². The van der Waals surface area contributed by atoms with Gasteiger partial charge in [0, 0.05) is 33.4 Å². The zero-order valence-corrected chi connectivity index (χ0v) is 13.3. The molecule has 0 aliphatic heterocycles. The van der Waals surface area contributed by atoms with Gasteiger partial charge >= 0.3 is 0 Å². The lowest BCUT2D eigenvalue weighted by atomic mass is 10.2. The molecule has 0 radical (unpaired) electrons. The van der Waals surface area contributed by atoms with E-state index in [1.165, 1.54) is 0 Å². The lowest BCUT2D eigenvalue weighted by molar-refractivity contribution is -0.116. The first-order chi connectivity index (χ1) is 11.1. The molecule has 4 nitrogen and oxygen atoms in total. The third kappa shape index (κ3) is 3.12. The topological polar surface area (TPSA) is 51.1 Å². The smallest absolute Gasteiger partial charge is 0.244 e. The highest BCUT2D eigenvalue weighted by Gasteiger charge is 2.12. The number of hydrogen-bond donors (Lipinski definition) is 1. The van der Waals surface area contributed by atoms with E-state index < -0.39 is 0 Å². The van der Waals surface area contributed by atoms with Gasteiger partial charge in [0.15, 0.2) is 6.29 Å². The van der Waals surface area contributed by atoms with Crippen molar-refractivity contribution in [3.8, 4) is 0 Å². The van der Waals surface area contributed by atoms with E-state index in [0.717, 1.165) is 28.4 Å². The SMILES string of the molecule is Cc1ccccc1NC(=O)Cn1cc(C=O)c2cc(Cl)ccc21. The summed E-state index contributed by atoms with van der Waals surface area (Å²) in [5.41, 5.74) is 3.11. The van der Waals surface area contributed by atoms with E-state index in [-0.39, 0.29) is 12.5 Å². The molecule has 0 aliphatic carbocycles. The molecule has 1 N–H and O–H groups in total. The molecule has 1 heterocycles. The summed E-state index contributed by atoms with van der Waals surface area (Å²) < 4.78 is 1.75. The normalized spacial score (nSPS) is 10.7. The molecule has 0 atom stereocenters. The molecule has 0 aliphatic rings. The minimum absolute atomic E-state index is 0.125. The number of benzene rings is 2. The Labute approximate surface area is 138 Å². The first kappa shape index (κ1) is 15.3. The Hall–Kier alpha value is -2.59. The number of para-hydroxylation sites is 1. The Morgan fingerprint density at radius 2 is 2.04 bits per heavy atom. The summed E-state index contributed by atoms with van der Waals surface area (Å²) in [6.07, 6.45) is 2.44. The van der Waals surface area contributed by atoms with Crippen LogP contribution in [0.15, 0.2) is 48.7 Å². The van der Waals surface area contributed by atoms with E-state index in [1.807, 2.05) is 37.3 Å². The van der Waals surface area contributed by atoms with Crippen LogP contribution >= 0.6 is 11.6 Å². The minimum atomic E-state index is -0.149. The second-order valence-corrected chi connectivity index (χ2v) is 5.79. The van der Waals surface area contributed by atoms with E-state index in [9.17, 15) is 9.59 Å². The maximum Gasteiger partial charge on any atom is 0.244 e. The Bertz CT molecular complexity index is 899. The Balaban J connectivity index is 1.88. The van der Waals surface area contributed by atoms with E-state index in [0.29, 0.717) is 10.6 Å². The van der Waals surface area contributed by atoms with Gasteiger partial charge in [-0.25, -0.2) is 0 Å². The number of hydrogen-bond acceptors (Lipinski definition) is 2. The van der Waals surface area contributed by atoms with Crippen LogP contribution in [0.2, 0.25) is 5.02 Å². The van der Waals surface area contributed by atoms with Crippen LogP contribution in [0.4, 0.5) is 5.69 Å². The average molecular weight is 327 g/mol. The number of anilines is 1. The number of carbonyl (C=O) groups excluding carboxylic acids is 2. The maximum absolute atomic E-state index is 12.3. The van der Waals surface area contributed by atoms with E-state index in [1.54, 1.807) is 22.9 Å². The highest BCUT2D eigenvalue weighted by Crippen LogP contribution is 2.24. The summed E-state index contributed by atoms with van der Waals surface area (Å²) in [6.45, 7) is 2.06. The maximum atomic E-state index is 12.3. The van der Waals surface area contributed by atoms with E-state index in [4.69, 9.17) is 11.6 Å². The van der Waals surface area contributed by atoms with Gasteiger partial charge in [-0.1, -0.05) is 29.8 Å². The summed E-state index contributed by atoms with van der Waals surface area (Å²) in [7, 11) is 0. The summed E-state index contributed by atoms with van der Waals surface area (Å²) in [5.74, 6) is -0.149. The quantitative estimate of drug-likeness (QED) is 0.735. The summed E-state index contributed by atoms with van der Waals surface area (Å²) in [4.78, 5) is 23.5. The van der Waals surface area contributed by atoms with Gasteiger partial charge in [0.1, 0.15) is 6.54 Å². The molecule has 116 valence electrons.